The number of nitrogens with one attached hydrogen (secondary N) is 11. The fourth-order valence-corrected chi connectivity index (χ4v) is 13.6. The number of amides is 13. The van der Waals surface area contributed by atoms with Gasteiger partial charge in [-0.2, -0.15) is 0 Å². The summed E-state index contributed by atoms with van der Waals surface area (Å²) in [6.45, 7) is 8.60. The van der Waals surface area contributed by atoms with Gasteiger partial charge in [0, 0.05) is 94.9 Å². The zero-order chi connectivity index (χ0) is 79.8. The van der Waals surface area contributed by atoms with E-state index in [1.54, 1.807) is 86.6 Å². The van der Waals surface area contributed by atoms with Crippen LogP contribution in [0.2, 0.25) is 5.02 Å². The first-order chi connectivity index (χ1) is 53.2. The summed E-state index contributed by atoms with van der Waals surface area (Å²) in [5, 5.41) is 48.1. The zero-order valence-electron chi connectivity index (χ0n) is 62.4. The van der Waals surface area contributed by atoms with Crippen LogP contribution < -0.4 is 64.6 Å². The van der Waals surface area contributed by atoms with Gasteiger partial charge >= 0.3 is 6.03 Å². The molecule has 5 aromatic carbocycles. The van der Waals surface area contributed by atoms with Gasteiger partial charge in [-0.1, -0.05) is 123 Å². The van der Waals surface area contributed by atoms with Gasteiger partial charge in [-0.05, 0) is 119 Å². The van der Waals surface area contributed by atoms with Crippen molar-refractivity contribution < 1.29 is 67.4 Å². The number of hydrogen-bond donors (Lipinski definition) is 14. The number of fused-ring (bicyclic) bond motifs is 1. The number of aromatic nitrogens is 1. The number of ether oxygens (including phenoxy) is 1. The number of carbonyl (C=O) groups excluding carboxylic acids is 12. The maximum absolute atomic E-state index is 15.4. The van der Waals surface area contributed by atoms with Crippen molar-refractivity contribution in [1.82, 2.24) is 67.5 Å². The second-order valence-corrected chi connectivity index (χ2v) is 28.9. The lowest BCUT2D eigenvalue weighted by atomic mass is 9.99. The third-order valence-electron chi connectivity index (χ3n) is 19.4. The van der Waals surface area contributed by atoms with E-state index < -0.39 is 132 Å². The van der Waals surface area contributed by atoms with Crippen LogP contribution in [0.1, 0.15) is 93.2 Å². The van der Waals surface area contributed by atoms with Gasteiger partial charge in [-0.15, -0.1) is 0 Å². The molecule has 31 nitrogen and oxygen atoms in total. The third kappa shape index (κ3) is 24.5. The average molecular weight is 1550 g/mol. The molecule has 16 N–H and O–H groups in total. The van der Waals surface area contributed by atoms with Crippen LogP contribution >= 0.6 is 11.6 Å². The molecule has 3 aliphatic rings. The summed E-state index contributed by atoms with van der Waals surface area (Å²) in [5.41, 5.74) is 15.0. The maximum atomic E-state index is 15.4. The Morgan fingerprint density at radius 3 is 1.78 bits per heavy atom. The number of pyridine rings is 1. The van der Waals surface area contributed by atoms with E-state index >= 15 is 14.4 Å². The topological polar surface area (TPSA) is 453 Å². The molecule has 4 heterocycles. The van der Waals surface area contributed by atoms with E-state index in [2.05, 4.69) is 63.1 Å². The Bertz CT molecular complexity index is 4300. The quantitative estimate of drug-likeness (QED) is 0.0114. The number of aliphatic hydroxyl groups excluding tert-OH is 1. The number of aliphatic hydroxyl groups is 1. The standard InChI is InChI=1S/C79H98ClN17O14/c1-46(2)36-60(69(101)88-59(13-8-30-85-78(82)83)76(108)96-31-9-14-66(96)74(106)86-47(3)68(81)100)89-70(102)61(39-50-22-27-58(28-23-50)87-48(4)99)90-71(103)62(38-49-15-17-52(18-16-49)44-95-32-34-111-35-33-95)91-73(105)65(45-98)93-72(104)63(41-54-10-7-29-84-43-54)92-75(107)67(42-51-20-25-57(80)26-21-51)97-77(109)64(94-79(97)110)40-53-19-24-55-11-5-6-12-56(55)37-53/h5-7,10-12,15-29,37,43,46-47,59-67,98H,8-9,13-14,30-36,38-42,44-45H2,1-4H3,(H2,81,100)(H,86,106)(H,87,99)(H,88,101)(H,89,102)(H,90,103)(H,91,105)(H,92,107)(H,93,104)(H,94,110)(H4,82,83,85)/t47-,59+,60+,61-,62+,63-,64?,65+,66+,67?/m1/s1. The molecule has 0 spiro atoms. The van der Waals surface area contributed by atoms with Crippen molar-refractivity contribution in [2.24, 2.45) is 17.4 Å². The molecule has 9 rings (SSSR count). The molecular weight excluding hydrogens is 1450 g/mol. The number of morpholine rings is 1. The lowest BCUT2D eigenvalue weighted by Gasteiger charge is -2.31. The normalized spacial score (nSPS) is 17.1. The van der Waals surface area contributed by atoms with Crippen molar-refractivity contribution >= 4 is 105 Å². The van der Waals surface area contributed by atoms with Crippen LogP contribution in [0.4, 0.5) is 10.5 Å². The molecule has 0 bridgehead atoms. The second-order valence-electron chi connectivity index (χ2n) is 28.5. The van der Waals surface area contributed by atoms with Gasteiger partial charge in [-0.25, -0.2) is 9.69 Å². The summed E-state index contributed by atoms with van der Waals surface area (Å²) in [7, 11) is 0. The summed E-state index contributed by atoms with van der Waals surface area (Å²) >= 11 is 6.27. The van der Waals surface area contributed by atoms with E-state index in [0.29, 0.717) is 72.2 Å². The minimum atomic E-state index is -1.85. The van der Waals surface area contributed by atoms with Crippen LogP contribution in [0.3, 0.4) is 0 Å². The first-order valence-corrected chi connectivity index (χ1v) is 37.5. The maximum Gasteiger partial charge on any atom is 0.325 e. The molecule has 13 amide bonds. The summed E-state index contributed by atoms with van der Waals surface area (Å²) < 4.78 is 5.55. The van der Waals surface area contributed by atoms with Crippen molar-refractivity contribution in [3.8, 4) is 0 Å². The van der Waals surface area contributed by atoms with Crippen molar-refractivity contribution in [1.29, 1.82) is 5.41 Å². The summed E-state index contributed by atoms with van der Waals surface area (Å²) in [6.07, 6.45) is 2.81. The van der Waals surface area contributed by atoms with Gasteiger partial charge in [0.05, 0.1) is 19.8 Å². The van der Waals surface area contributed by atoms with Gasteiger partial charge in [0.1, 0.15) is 60.4 Å². The first kappa shape index (κ1) is 83.6. The molecule has 3 aliphatic heterocycles. The smallest absolute Gasteiger partial charge is 0.325 e. The molecule has 590 valence electrons. The zero-order valence-corrected chi connectivity index (χ0v) is 63.2. The van der Waals surface area contributed by atoms with Crippen LogP contribution in [0.15, 0.2) is 140 Å². The van der Waals surface area contributed by atoms with E-state index in [1.165, 1.54) is 31.1 Å². The van der Waals surface area contributed by atoms with Gasteiger partial charge in [0.25, 0.3) is 5.91 Å². The Kier molecular flexibility index (Phi) is 30.4. The Labute approximate surface area is 648 Å². The highest BCUT2D eigenvalue weighted by atomic mass is 35.5. The van der Waals surface area contributed by atoms with E-state index in [4.69, 9.17) is 33.2 Å². The molecule has 111 heavy (non-hydrogen) atoms. The van der Waals surface area contributed by atoms with E-state index in [1.807, 2.05) is 54.6 Å². The number of nitrogens with two attached hydrogens (primary N) is 2. The number of urea groups is 1. The average Bonchev–Trinajstić information content (AvgIpc) is 1.65. The summed E-state index contributed by atoms with van der Waals surface area (Å²) in [6, 6.07) is 21.7. The highest BCUT2D eigenvalue weighted by molar-refractivity contribution is 6.30. The largest absolute Gasteiger partial charge is 0.394 e. The lowest BCUT2D eigenvalue weighted by Crippen LogP contribution is -2.61. The van der Waals surface area contributed by atoms with Crippen LogP contribution in [-0.2, 0) is 96.1 Å². The number of primary amides is 1. The van der Waals surface area contributed by atoms with E-state index in [-0.39, 0.29) is 88.7 Å². The van der Waals surface area contributed by atoms with Gasteiger partial charge in [0.2, 0.25) is 59.1 Å². The van der Waals surface area contributed by atoms with E-state index in [9.17, 15) is 48.3 Å². The molecule has 3 fully saturated rings. The number of rotatable bonds is 37. The summed E-state index contributed by atoms with van der Waals surface area (Å²) in [5.74, 6) is -9.45. The predicted molar refractivity (Wildman–Crippen MR) is 413 cm³/mol. The Morgan fingerprint density at radius 2 is 1.18 bits per heavy atom. The molecule has 1 aromatic heterocycles. The third-order valence-corrected chi connectivity index (χ3v) is 19.6. The Morgan fingerprint density at radius 1 is 0.631 bits per heavy atom. The van der Waals surface area contributed by atoms with Crippen LogP contribution in [0.5, 0.6) is 0 Å². The van der Waals surface area contributed by atoms with Crippen LogP contribution in [-0.4, -0.2) is 208 Å². The molecule has 3 saturated heterocycles. The molecular formula is C79H98ClN17O14. The Hall–Kier alpha value is -11.4. The number of anilines is 1. The molecule has 0 radical (unpaired) electrons. The number of guanidine groups is 1. The number of halogens is 1. The molecule has 10 atom stereocenters. The highest BCUT2D eigenvalue weighted by Gasteiger charge is 2.46. The number of carbonyl (C=O) groups is 12. The van der Waals surface area contributed by atoms with Crippen LogP contribution in [0.25, 0.3) is 10.8 Å². The number of hydrogen-bond acceptors (Lipinski definition) is 17. The number of imide groups is 1. The minimum absolute atomic E-state index is 0.00945. The van der Waals surface area contributed by atoms with E-state index in [0.717, 1.165) is 26.8 Å². The minimum Gasteiger partial charge on any atom is -0.394 e. The fraction of sp³-hybridized carbons (Fsp3) is 0.418. The first-order valence-electron chi connectivity index (χ1n) is 37.1. The molecule has 32 heteroatoms. The monoisotopic (exact) mass is 1540 g/mol. The second kappa shape index (κ2) is 40.3. The predicted octanol–water partition coefficient (Wildman–Crippen LogP) is 1.67. The molecule has 0 saturated carbocycles. The van der Waals surface area contributed by atoms with Gasteiger partial charge < -0.3 is 79.4 Å². The number of benzene rings is 5. The Balaban J connectivity index is 0.991. The molecule has 0 aliphatic carbocycles. The highest BCUT2D eigenvalue weighted by Crippen LogP contribution is 2.25. The number of likely N-dealkylation sites (tertiary alicyclic amines) is 1. The molecule has 6 aromatic rings. The lowest BCUT2D eigenvalue weighted by molar-refractivity contribution is -0.142. The van der Waals surface area contributed by atoms with Gasteiger partial charge in [0.15, 0.2) is 5.96 Å². The van der Waals surface area contributed by atoms with Crippen molar-refractivity contribution in [3.63, 3.8) is 0 Å². The molecule has 2 unspecified atom stereocenters. The van der Waals surface area contributed by atoms with Crippen molar-refractivity contribution in [2.45, 2.75) is 159 Å². The van der Waals surface area contributed by atoms with Crippen molar-refractivity contribution in [2.75, 3.05) is 51.3 Å². The van der Waals surface area contributed by atoms with Gasteiger partial charge in [-0.3, -0.25) is 68.0 Å². The number of nitrogens with zero attached hydrogens (tertiary/aromatic N) is 4. The fourth-order valence-electron chi connectivity index (χ4n) is 13.5. The van der Waals surface area contributed by atoms with Crippen molar-refractivity contribution in [3.05, 3.63) is 178 Å². The summed E-state index contributed by atoms with van der Waals surface area (Å²) in [4.78, 5) is 180. The van der Waals surface area contributed by atoms with Crippen LogP contribution in [0, 0.1) is 11.3 Å². The SMILES string of the molecule is CC(=O)Nc1ccc(C[C@@H](NC(=O)[C@H](Cc2ccc(CN3CCOCC3)cc2)NC(=O)[C@H](CO)NC(=O)[C@@H](Cc2cccnc2)NC(=O)C(Cc2ccc(Cl)cc2)N2C(=O)NC(Cc3ccc4ccccc4c3)C2=O)C(=O)N[C@@H](CC(C)C)C(=O)N[C@@H](CCCNC(=N)N)C(=O)N2CCC[C@H]2C(=O)N[C@H](C)C(N)=O)cc1.